The Balaban J connectivity index is 1.97. The third-order valence-corrected chi connectivity index (χ3v) is 4.95. The molecule has 5 nitrogen and oxygen atoms in total. The summed E-state index contributed by atoms with van der Waals surface area (Å²) in [5.41, 5.74) is -0.316. The average Bonchev–Trinajstić information content (AvgIpc) is 2.38. The highest BCUT2D eigenvalue weighted by molar-refractivity contribution is 5.85. The van der Waals surface area contributed by atoms with Crippen molar-refractivity contribution in [3.63, 3.8) is 0 Å². The van der Waals surface area contributed by atoms with Crippen LogP contribution >= 0.6 is 0 Å². The first-order valence-corrected chi connectivity index (χ1v) is 7.05. The van der Waals surface area contributed by atoms with E-state index in [0.29, 0.717) is 19.3 Å². The lowest BCUT2D eigenvalue weighted by atomic mass is 9.64. The summed E-state index contributed by atoms with van der Waals surface area (Å²) in [7, 11) is 0. The third-order valence-electron chi connectivity index (χ3n) is 4.95. The van der Waals surface area contributed by atoms with Gasteiger partial charge in [-0.05, 0) is 19.3 Å². The molecular weight excluding hydrogens is 246 g/mol. The number of hydrogen-bond donors (Lipinski definition) is 3. The number of carboxylic acid groups (broad SMARTS) is 1. The zero-order chi connectivity index (χ0) is 14.2. The number of nitrogens with one attached hydrogen (secondary N) is 1. The predicted octanol–water partition coefficient (Wildman–Crippen LogP) is 1.15. The van der Waals surface area contributed by atoms with Gasteiger partial charge in [-0.15, -0.1) is 0 Å². The Labute approximate surface area is 113 Å². The number of aliphatic hydroxyl groups excluding tert-OH is 1. The van der Waals surface area contributed by atoms with Crippen LogP contribution in [0, 0.1) is 17.3 Å². The van der Waals surface area contributed by atoms with Crippen LogP contribution in [0.3, 0.4) is 0 Å². The van der Waals surface area contributed by atoms with Gasteiger partial charge in [0.2, 0.25) is 5.91 Å². The summed E-state index contributed by atoms with van der Waals surface area (Å²) in [4.78, 5) is 23.5. The van der Waals surface area contributed by atoms with E-state index in [1.165, 1.54) is 0 Å². The molecule has 0 spiro atoms. The number of aliphatic carboxylic acids is 1. The zero-order valence-electron chi connectivity index (χ0n) is 11.6. The van der Waals surface area contributed by atoms with E-state index in [0.717, 1.165) is 12.8 Å². The predicted molar refractivity (Wildman–Crippen MR) is 69.4 cm³/mol. The van der Waals surface area contributed by atoms with Gasteiger partial charge in [0.1, 0.15) is 0 Å². The van der Waals surface area contributed by atoms with Crippen molar-refractivity contribution in [2.75, 3.05) is 0 Å². The maximum Gasteiger partial charge on any atom is 0.307 e. The average molecular weight is 269 g/mol. The summed E-state index contributed by atoms with van der Waals surface area (Å²) >= 11 is 0. The molecule has 2 aliphatic carbocycles. The zero-order valence-corrected chi connectivity index (χ0v) is 11.6. The largest absolute Gasteiger partial charge is 0.481 e. The van der Waals surface area contributed by atoms with Crippen molar-refractivity contribution in [2.45, 2.75) is 58.1 Å². The van der Waals surface area contributed by atoms with E-state index >= 15 is 0 Å². The molecule has 108 valence electrons. The highest BCUT2D eigenvalue weighted by atomic mass is 16.4. The van der Waals surface area contributed by atoms with E-state index in [-0.39, 0.29) is 23.5 Å². The molecule has 0 radical (unpaired) electrons. The van der Waals surface area contributed by atoms with Crippen molar-refractivity contribution in [1.29, 1.82) is 0 Å². The minimum absolute atomic E-state index is 0.0497. The molecule has 0 aromatic heterocycles. The highest BCUT2D eigenvalue weighted by Gasteiger charge is 2.49. The van der Waals surface area contributed by atoms with Gasteiger partial charge >= 0.3 is 5.97 Å². The second kappa shape index (κ2) is 5.12. The fourth-order valence-corrected chi connectivity index (χ4v) is 3.17. The number of rotatable bonds is 3. The van der Waals surface area contributed by atoms with Crippen LogP contribution in [0.2, 0.25) is 0 Å². The number of amides is 1. The normalized spacial score (nSPS) is 37.2. The molecule has 19 heavy (non-hydrogen) atoms. The molecule has 2 saturated carbocycles. The fraction of sp³-hybridized carbons (Fsp3) is 0.857. The topological polar surface area (TPSA) is 86.6 Å². The summed E-state index contributed by atoms with van der Waals surface area (Å²) < 4.78 is 0. The molecule has 0 aliphatic heterocycles. The monoisotopic (exact) mass is 269 g/mol. The van der Waals surface area contributed by atoms with Gasteiger partial charge in [-0.3, -0.25) is 9.59 Å². The van der Waals surface area contributed by atoms with Gasteiger partial charge in [-0.25, -0.2) is 0 Å². The van der Waals surface area contributed by atoms with Crippen molar-refractivity contribution in [1.82, 2.24) is 5.32 Å². The van der Waals surface area contributed by atoms with Gasteiger partial charge in [0.05, 0.1) is 17.9 Å². The second-order valence-corrected chi connectivity index (χ2v) is 6.47. The number of carbonyl (C=O) groups is 2. The van der Waals surface area contributed by atoms with E-state index in [2.05, 4.69) is 5.32 Å². The summed E-state index contributed by atoms with van der Waals surface area (Å²) in [6.07, 6.45) is 3.21. The first-order chi connectivity index (χ1) is 8.84. The quantitative estimate of drug-likeness (QED) is 0.717. The molecule has 4 atom stereocenters. The van der Waals surface area contributed by atoms with Gasteiger partial charge in [0.15, 0.2) is 0 Å². The molecule has 2 fully saturated rings. The van der Waals surface area contributed by atoms with Crippen LogP contribution in [0.5, 0.6) is 0 Å². The van der Waals surface area contributed by atoms with Gasteiger partial charge in [0.25, 0.3) is 0 Å². The maximum absolute atomic E-state index is 12.3. The van der Waals surface area contributed by atoms with Crippen LogP contribution in [-0.4, -0.2) is 34.2 Å². The van der Waals surface area contributed by atoms with Crippen LogP contribution in [-0.2, 0) is 9.59 Å². The van der Waals surface area contributed by atoms with Crippen LogP contribution in [0.25, 0.3) is 0 Å². The Bertz CT molecular complexity index is 380. The van der Waals surface area contributed by atoms with Crippen LogP contribution in [0.15, 0.2) is 0 Å². The fourth-order valence-electron chi connectivity index (χ4n) is 3.17. The van der Waals surface area contributed by atoms with Gasteiger partial charge in [-0.2, -0.15) is 0 Å². The Morgan fingerprint density at radius 2 is 1.74 bits per heavy atom. The Morgan fingerprint density at radius 3 is 2.21 bits per heavy atom. The lowest BCUT2D eigenvalue weighted by molar-refractivity contribution is -0.150. The SMILES string of the molecule is CC1(C)C(O)CC1NC(=O)[C@@H]1CCCC[C@@H]1C(=O)O. The van der Waals surface area contributed by atoms with Crippen molar-refractivity contribution >= 4 is 11.9 Å². The highest BCUT2D eigenvalue weighted by Crippen LogP contribution is 2.41. The minimum Gasteiger partial charge on any atom is -0.481 e. The van der Waals surface area contributed by atoms with Crippen molar-refractivity contribution in [3.05, 3.63) is 0 Å². The Kier molecular flexibility index (Phi) is 3.85. The summed E-state index contributed by atoms with van der Waals surface area (Å²) in [5.74, 6) is -1.99. The maximum atomic E-state index is 12.3. The number of aliphatic hydroxyl groups is 1. The first kappa shape index (κ1) is 14.3. The molecule has 0 aromatic rings. The minimum atomic E-state index is -0.868. The summed E-state index contributed by atoms with van der Waals surface area (Å²) in [6, 6.07) is -0.0497. The molecule has 0 aromatic carbocycles. The van der Waals surface area contributed by atoms with Gasteiger partial charge in [0, 0.05) is 11.5 Å². The van der Waals surface area contributed by atoms with Crippen molar-refractivity contribution in [3.8, 4) is 0 Å². The number of carboxylic acids is 1. The molecule has 2 rings (SSSR count). The van der Waals surface area contributed by atoms with E-state index in [9.17, 15) is 19.8 Å². The Morgan fingerprint density at radius 1 is 1.16 bits per heavy atom. The van der Waals surface area contributed by atoms with E-state index in [1.807, 2.05) is 13.8 Å². The van der Waals surface area contributed by atoms with Crippen molar-refractivity contribution < 1.29 is 19.8 Å². The van der Waals surface area contributed by atoms with Crippen LogP contribution < -0.4 is 5.32 Å². The van der Waals surface area contributed by atoms with E-state index in [1.54, 1.807) is 0 Å². The lowest BCUT2D eigenvalue weighted by Crippen LogP contribution is -2.62. The first-order valence-electron chi connectivity index (χ1n) is 7.05. The molecule has 5 heteroatoms. The van der Waals surface area contributed by atoms with E-state index < -0.39 is 17.8 Å². The molecule has 1 amide bonds. The van der Waals surface area contributed by atoms with Crippen molar-refractivity contribution in [2.24, 2.45) is 17.3 Å². The third kappa shape index (κ3) is 2.61. The van der Waals surface area contributed by atoms with Crippen LogP contribution in [0.1, 0.15) is 46.0 Å². The standard InChI is InChI=1S/C14H23NO4/c1-14(2)10(7-11(14)16)15-12(17)8-5-3-4-6-9(8)13(18)19/h8-11,16H,3-7H2,1-2H3,(H,15,17)(H,18,19)/t8-,9+,10?,11?/m1/s1. The summed E-state index contributed by atoms with van der Waals surface area (Å²) in [5, 5.41) is 21.8. The smallest absolute Gasteiger partial charge is 0.307 e. The Hall–Kier alpha value is -1.10. The molecule has 0 saturated heterocycles. The lowest BCUT2D eigenvalue weighted by Gasteiger charge is -2.50. The molecule has 3 N–H and O–H groups in total. The molecule has 0 heterocycles. The summed E-state index contributed by atoms with van der Waals surface area (Å²) in [6.45, 7) is 3.84. The van der Waals surface area contributed by atoms with Crippen LogP contribution in [0.4, 0.5) is 0 Å². The van der Waals surface area contributed by atoms with E-state index in [4.69, 9.17) is 0 Å². The molecule has 2 unspecified atom stereocenters. The molecule has 2 aliphatic rings. The number of hydrogen-bond acceptors (Lipinski definition) is 3. The van der Waals surface area contributed by atoms with Gasteiger partial charge in [-0.1, -0.05) is 26.7 Å². The molecular formula is C14H23NO4. The second-order valence-electron chi connectivity index (χ2n) is 6.47. The number of carbonyl (C=O) groups excluding carboxylic acids is 1. The van der Waals surface area contributed by atoms with Gasteiger partial charge < -0.3 is 15.5 Å². The molecule has 0 bridgehead atoms.